The lowest BCUT2D eigenvalue weighted by molar-refractivity contribution is -0.137. The molecule has 0 unspecified atom stereocenters. The number of amides is 2. The van der Waals surface area contributed by atoms with Crippen LogP contribution >= 0.6 is 11.6 Å². The van der Waals surface area contributed by atoms with Crippen molar-refractivity contribution >= 4 is 34.7 Å². The van der Waals surface area contributed by atoms with Gasteiger partial charge < -0.3 is 5.32 Å². The van der Waals surface area contributed by atoms with Crippen molar-refractivity contribution in [3.63, 3.8) is 0 Å². The number of nitrogens with zero attached hydrogens (tertiary/aromatic N) is 1. The van der Waals surface area contributed by atoms with Gasteiger partial charge in [-0.3, -0.25) is 14.5 Å². The van der Waals surface area contributed by atoms with Crippen LogP contribution in [0.1, 0.15) is 33.4 Å². The first kappa shape index (κ1) is 21.8. The molecule has 1 aliphatic rings. The van der Waals surface area contributed by atoms with Crippen LogP contribution in [0.2, 0.25) is 5.02 Å². The van der Waals surface area contributed by atoms with Gasteiger partial charge in [-0.1, -0.05) is 65.2 Å². The second-order valence-electron chi connectivity index (χ2n) is 8.33. The molecule has 4 rings (SSSR count). The van der Waals surface area contributed by atoms with Crippen molar-refractivity contribution in [2.24, 2.45) is 0 Å². The molecule has 0 atom stereocenters. The van der Waals surface area contributed by atoms with E-state index in [1.807, 2.05) is 82.3 Å². The van der Waals surface area contributed by atoms with Crippen LogP contribution in [-0.2, 0) is 16.1 Å². The highest BCUT2D eigenvalue weighted by molar-refractivity contribution is 6.36. The van der Waals surface area contributed by atoms with Gasteiger partial charge in [0.2, 0.25) is 0 Å². The Hall–Kier alpha value is -3.37. The fraction of sp³-hybridized carbons (Fsp3) is 0.185. The van der Waals surface area contributed by atoms with Crippen LogP contribution in [0.15, 0.2) is 66.4 Å². The summed E-state index contributed by atoms with van der Waals surface area (Å²) in [5.41, 5.74) is 7.16. The van der Waals surface area contributed by atoms with E-state index in [0.717, 1.165) is 39.1 Å². The first-order chi connectivity index (χ1) is 15.2. The molecule has 3 aromatic rings. The van der Waals surface area contributed by atoms with Gasteiger partial charge in [-0.05, 0) is 68.1 Å². The summed E-state index contributed by atoms with van der Waals surface area (Å²) in [6.07, 6.45) is 0. The van der Waals surface area contributed by atoms with Crippen molar-refractivity contribution in [2.75, 3.05) is 5.32 Å². The third-order valence-corrected chi connectivity index (χ3v) is 5.96. The molecule has 1 aliphatic heterocycles. The minimum absolute atomic E-state index is 0.219. The number of hydrogen-bond donors (Lipinski definition) is 1. The van der Waals surface area contributed by atoms with E-state index in [1.54, 1.807) is 6.07 Å². The Labute approximate surface area is 193 Å². The molecular formula is C27H25ClN2O2. The zero-order valence-electron chi connectivity index (χ0n) is 18.6. The average molecular weight is 445 g/mol. The van der Waals surface area contributed by atoms with Crippen LogP contribution in [0.4, 0.5) is 5.69 Å². The maximum absolute atomic E-state index is 13.6. The molecule has 2 amide bonds. The smallest absolute Gasteiger partial charge is 0.278 e. The van der Waals surface area contributed by atoms with Gasteiger partial charge in [-0.25, -0.2) is 0 Å². The number of imide groups is 1. The summed E-state index contributed by atoms with van der Waals surface area (Å²) >= 11 is 6.10. The third kappa shape index (κ3) is 4.19. The second kappa shape index (κ2) is 8.64. The minimum atomic E-state index is -0.333. The van der Waals surface area contributed by atoms with E-state index in [1.165, 1.54) is 4.90 Å². The summed E-state index contributed by atoms with van der Waals surface area (Å²) in [6, 6.07) is 19.2. The van der Waals surface area contributed by atoms with Crippen LogP contribution in [0.5, 0.6) is 0 Å². The topological polar surface area (TPSA) is 49.4 Å². The number of halogens is 1. The van der Waals surface area contributed by atoms with E-state index in [2.05, 4.69) is 5.32 Å². The highest BCUT2D eigenvalue weighted by atomic mass is 35.5. The fourth-order valence-corrected chi connectivity index (χ4v) is 4.18. The molecule has 0 saturated heterocycles. The molecule has 1 N–H and O–H groups in total. The van der Waals surface area contributed by atoms with Crippen molar-refractivity contribution in [1.29, 1.82) is 0 Å². The van der Waals surface area contributed by atoms with Crippen LogP contribution in [-0.4, -0.2) is 16.7 Å². The lowest BCUT2D eigenvalue weighted by atomic mass is 9.97. The summed E-state index contributed by atoms with van der Waals surface area (Å²) in [6.45, 7) is 8.11. The molecule has 0 aliphatic carbocycles. The Morgan fingerprint density at radius 1 is 0.781 bits per heavy atom. The Kier molecular flexibility index (Phi) is 5.90. The highest BCUT2D eigenvalue weighted by Crippen LogP contribution is 2.34. The number of hydrogen-bond acceptors (Lipinski definition) is 3. The molecule has 0 saturated carbocycles. The lowest BCUT2D eigenvalue weighted by Gasteiger charge is -2.16. The number of aryl methyl sites for hydroxylation is 4. The van der Waals surface area contributed by atoms with Gasteiger partial charge in [0.1, 0.15) is 5.70 Å². The molecule has 0 fully saturated rings. The second-order valence-corrected chi connectivity index (χ2v) is 8.77. The summed E-state index contributed by atoms with van der Waals surface area (Å²) in [5, 5.41) is 3.86. The molecule has 3 aromatic carbocycles. The Morgan fingerprint density at radius 2 is 1.47 bits per heavy atom. The van der Waals surface area contributed by atoms with Gasteiger partial charge in [-0.2, -0.15) is 0 Å². The van der Waals surface area contributed by atoms with E-state index < -0.39 is 0 Å². The van der Waals surface area contributed by atoms with Crippen molar-refractivity contribution in [2.45, 2.75) is 34.2 Å². The SMILES string of the molecule is Cc1ccc(CN2C(=O)C(Nc3ccc(Cl)cc3C)=C(c3ccc(C)cc3C)C2=O)cc1. The molecular weight excluding hydrogens is 420 g/mol. The average Bonchev–Trinajstić information content (AvgIpc) is 2.96. The molecule has 32 heavy (non-hydrogen) atoms. The maximum Gasteiger partial charge on any atom is 0.278 e. The Balaban J connectivity index is 1.79. The molecule has 0 spiro atoms. The Morgan fingerprint density at radius 3 is 2.12 bits per heavy atom. The maximum atomic E-state index is 13.6. The van der Waals surface area contributed by atoms with Crippen LogP contribution in [0, 0.1) is 27.7 Å². The van der Waals surface area contributed by atoms with E-state index in [9.17, 15) is 9.59 Å². The van der Waals surface area contributed by atoms with Crippen molar-refractivity contribution < 1.29 is 9.59 Å². The Bertz CT molecular complexity index is 1260. The normalized spacial score (nSPS) is 13.8. The van der Waals surface area contributed by atoms with Gasteiger partial charge in [0.15, 0.2) is 0 Å². The molecule has 0 radical (unpaired) electrons. The van der Waals surface area contributed by atoms with Crippen molar-refractivity contribution in [3.8, 4) is 0 Å². The van der Waals surface area contributed by atoms with Crippen LogP contribution in [0.3, 0.4) is 0 Å². The molecule has 4 nitrogen and oxygen atoms in total. The van der Waals surface area contributed by atoms with E-state index in [0.29, 0.717) is 16.3 Å². The quantitative estimate of drug-likeness (QED) is 0.493. The van der Waals surface area contributed by atoms with E-state index in [-0.39, 0.29) is 18.4 Å². The number of carbonyl (C=O) groups is 2. The first-order valence-corrected chi connectivity index (χ1v) is 10.9. The minimum Gasteiger partial charge on any atom is -0.350 e. The van der Waals surface area contributed by atoms with Gasteiger partial charge in [-0.15, -0.1) is 0 Å². The summed E-state index contributed by atoms with van der Waals surface area (Å²) in [5.74, 6) is -0.628. The van der Waals surface area contributed by atoms with Gasteiger partial charge in [0.25, 0.3) is 11.8 Å². The summed E-state index contributed by atoms with van der Waals surface area (Å²) in [4.78, 5) is 28.4. The molecule has 0 bridgehead atoms. The number of rotatable bonds is 5. The fourth-order valence-electron chi connectivity index (χ4n) is 3.96. The predicted molar refractivity (Wildman–Crippen MR) is 129 cm³/mol. The zero-order valence-corrected chi connectivity index (χ0v) is 19.4. The van der Waals surface area contributed by atoms with Crippen LogP contribution < -0.4 is 5.32 Å². The standard InChI is InChI=1S/C27H25ClN2O2/c1-16-5-8-20(9-6-16)15-30-26(31)24(22-11-7-17(2)13-18(22)3)25(27(30)32)29-23-12-10-21(28)14-19(23)4/h5-14,29H,15H2,1-4H3. The monoisotopic (exact) mass is 444 g/mol. The van der Waals surface area contributed by atoms with Crippen molar-refractivity contribution in [3.05, 3.63) is 105 Å². The molecule has 0 aromatic heterocycles. The lowest BCUT2D eigenvalue weighted by Crippen LogP contribution is -2.32. The first-order valence-electron chi connectivity index (χ1n) is 10.5. The number of benzene rings is 3. The summed E-state index contributed by atoms with van der Waals surface area (Å²) in [7, 11) is 0. The number of anilines is 1. The van der Waals surface area contributed by atoms with E-state index in [4.69, 9.17) is 11.6 Å². The van der Waals surface area contributed by atoms with Crippen molar-refractivity contribution in [1.82, 2.24) is 4.90 Å². The molecule has 162 valence electrons. The summed E-state index contributed by atoms with van der Waals surface area (Å²) < 4.78 is 0. The van der Waals surface area contributed by atoms with Crippen LogP contribution in [0.25, 0.3) is 5.57 Å². The number of nitrogens with one attached hydrogen (secondary N) is 1. The highest BCUT2D eigenvalue weighted by Gasteiger charge is 2.39. The van der Waals surface area contributed by atoms with Gasteiger partial charge in [0, 0.05) is 10.7 Å². The number of carbonyl (C=O) groups excluding carboxylic acids is 2. The van der Waals surface area contributed by atoms with E-state index >= 15 is 0 Å². The zero-order chi connectivity index (χ0) is 23.0. The van der Waals surface area contributed by atoms with Gasteiger partial charge in [0.05, 0.1) is 12.1 Å². The predicted octanol–water partition coefficient (Wildman–Crippen LogP) is 5.97. The largest absolute Gasteiger partial charge is 0.350 e. The third-order valence-electron chi connectivity index (χ3n) is 5.73. The molecule has 1 heterocycles. The molecule has 5 heteroatoms. The van der Waals surface area contributed by atoms with Gasteiger partial charge >= 0.3 is 0 Å².